The summed E-state index contributed by atoms with van der Waals surface area (Å²) < 4.78 is 0. The zero-order valence-corrected chi connectivity index (χ0v) is 11.6. The van der Waals surface area contributed by atoms with Gasteiger partial charge in [0, 0.05) is 17.6 Å². The number of anilines is 1. The lowest BCUT2D eigenvalue weighted by atomic mass is 10.0. The van der Waals surface area contributed by atoms with Crippen LogP contribution in [0.2, 0.25) is 5.02 Å². The van der Waals surface area contributed by atoms with Gasteiger partial charge in [-0.1, -0.05) is 18.5 Å². The number of halogens is 1. The fourth-order valence-corrected chi connectivity index (χ4v) is 1.95. The second-order valence-electron chi connectivity index (χ2n) is 4.63. The Hall–Kier alpha value is -1.65. The van der Waals surface area contributed by atoms with E-state index in [9.17, 15) is 4.79 Å². The first kappa shape index (κ1) is 13.8. The molecule has 100 valence electrons. The average Bonchev–Trinajstić information content (AvgIpc) is 2.41. The van der Waals surface area contributed by atoms with Crippen LogP contribution in [-0.2, 0) is 4.79 Å². The molecule has 0 saturated carbocycles. The number of amides is 1. The molecule has 0 saturated heterocycles. The van der Waals surface area contributed by atoms with E-state index in [1.807, 2.05) is 19.1 Å². The number of rotatable bonds is 3. The van der Waals surface area contributed by atoms with Crippen molar-refractivity contribution >= 4 is 34.1 Å². The van der Waals surface area contributed by atoms with Gasteiger partial charge >= 0.3 is 0 Å². The summed E-state index contributed by atoms with van der Waals surface area (Å²) in [5.41, 5.74) is 7.11. The molecule has 2 atom stereocenters. The first-order chi connectivity index (χ1) is 9.00. The Balaban J connectivity index is 2.36. The zero-order valence-electron chi connectivity index (χ0n) is 10.9. The highest BCUT2D eigenvalue weighted by molar-refractivity contribution is 6.35. The summed E-state index contributed by atoms with van der Waals surface area (Å²) in [6.45, 7) is 3.61. The Bertz CT molecular complexity index is 613. The highest BCUT2D eigenvalue weighted by Gasteiger charge is 2.18. The minimum Gasteiger partial charge on any atom is -0.327 e. The lowest BCUT2D eigenvalue weighted by Crippen LogP contribution is -2.34. The zero-order chi connectivity index (χ0) is 14.0. The molecule has 0 bridgehead atoms. The summed E-state index contributed by atoms with van der Waals surface area (Å²) in [6.07, 6.45) is 1.67. The van der Waals surface area contributed by atoms with Crippen LogP contribution in [0.1, 0.15) is 13.8 Å². The van der Waals surface area contributed by atoms with Gasteiger partial charge in [-0.25, -0.2) is 0 Å². The van der Waals surface area contributed by atoms with Crippen LogP contribution in [0.3, 0.4) is 0 Å². The second kappa shape index (κ2) is 5.55. The van der Waals surface area contributed by atoms with Crippen LogP contribution >= 0.6 is 11.6 Å². The Morgan fingerprint density at radius 1 is 1.37 bits per heavy atom. The standard InChI is InChI=1S/C14H16ClN3O/c1-8(9(2)16)14(19)18-12-6-5-11(15)13-10(12)4-3-7-17-13/h3-9H,16H2,1-2H3,(H,18,19). The van der Waals surface area contributed by atoms with E-state index in [0.717, 1.165) is 5.39 Å². The number of fused-ring (bicyclic) bond motifs is 1. The molecule has 19 heavy (non-hydrogen) atoms. The van der Waals surface area contributed by atoms with Gasteiger partial charge in [0.25, 0.3) is 0 Å². The van der Waals surface area contributed by atoms with Crippen molar-refractivity contribution in [1.29, 1.82) is 0 Å². The summed E-state index contributed by atoms with van der Waals surface area (Å²) >= 11 is 6.08. The van der Waals surface area contributed by atoms with Crippen molar-refractivity contribution in [2.75, 3.05) is 5.32 Å². The van der Waals surface area contributed by atoms with E-state index in [0.29, 0.717) is 16.2 Å². The third kappa shape index (κ3) is 2.85. The number of hydrogen-bond acceptors (Lipinski definition) is 3. The molecule has 5 heteroatoms. The van der Waals surface area contributed by atoms with E-state index in [1.54, 1.807) is 25.3 Å². The van der Waals surface area contributed by atoms with Crippen molar-refractivity contribution in [3.63, 3.8) is 0 Å². The van der Waals surface area contributed by atoms with Gasteiger partial charge in [0.15, 0.2) is 0 Å². The molecule has 0 fully saturated rings. The maximum absolute atomic E-state index is 12.0. The predicted molar refractivity (Wildman–Crippen MR) is 78.2 cm³/mol. The molecule has 2 rings (SSSR count). The topological polar surface area (TPSA) is 68.0 Å². The molecule has 1 amide bonds. The van der Waals surface area contributed by atoms with Crippen LogP contribution in [0.25, 0.3) is 10.9 Å². The molecule has 4 nitrogen and oxygen atoms in total. The van der Waals surface area contributed by atoms with E-state index in [4.69, 9.17) is 17.3 Å². The molecule has 0 radical (unpaired) electrons. The van der Waals surface area contributed by atoms with E-state index < -0.39 is 0 Å². The van der Waals surface area contributed by atoms with Crippen LogP contribution in [0.4, 0.5) is 5.69 Å². The summed E-state index contributed by atoms with van der Waals surface area (Å²) in [5, 5.41) is 4.26. The molecule has 2 unspecified atom stereocenters. The van der Waals surface area contributed by atoms with Crippen molar-refractivity contribution in [1.82, 2.24) is 4.98 Å². The Labute approximate surface area is 117 Å². The average molecular weight is 278 g/mol. The fourth-order valence-electron chi connectivity index (χ4n) is 1.73. The summed E-state index contributed by atoms with van der Waals surface area (Å²) in [4.78, 5) is 16.3. The molecule has 0 aliphatic rings. The van der Waals surface area contributed by atoms with Gasteiger partial charge in [0.05, 0.1) is 22.1 Å². The third-order valence-electron chi connectivity index (χ3n) is 3.18. The molecule has 0 spiro atoms. The Morgan fingerprint density at radius 2 is 2.11 bits per heavy atom. The smallest absolute Gasteiger partial charge is 0.228 e. The molecule has 1 heterocycles. The van der Waals surface area contributed by atoms with Gasteiger partial charge in [0.2, 0.25) is 5.91 Å². The lowest BCUT2D eigenvalue weighted by molar-refractivity contribution is -0.119. The number of nitrogens with zero attached hydrogens (tertiary/aromatic N) is 1. The minimum absolute atomic E-state index is 0.109. The molecular formula is C14H16ClN3O. The highest BCUT2D eigenvalue weighted by atomic mass is 35.5. The normalized spacial score (nSPS) is 14.1. The van der Waals surface area contributed by atoms with Crippen LogP contribution in [0.15, 0.2) is 30.5 Å². The third-order valence-corrected chi connectivity index (χ3v) is 3.49. The highest BCUT2D eigenvalue weighted by Crippen LogP contribution is 2.28. The lowest BCUT2D eigenvalue weighted by Gasteiger charge is -2.16. The van der Waals surface area contributed by atoms with Crippen molar-refractivity contribution < 1.29 is 4.79 Å². The first-order valence-corrected chi connectivity index (χ1v) is 6.48. The van der Waals surface area contributed by atoms with Crippen LogP contribution in [-0.4, -0.2) is 16.9 Å². The second-order valence-corrected chi connectivity index (χ2v) is 5.04. The predicted octanol–water partition coefficient (Wildman–Crippen LogP) is 2.81. The van der Waals surface area contributed by atoms with Crippen molar-refractivity contribution in [3.05, 3.63) is 35.5 Å². The molecule has 0 aliphatic heterocycles. The number of benzene rings is 1. The largest absolute Gasteiger partial charge is 0.327 e. The summed E-state index contributed by atoms with van der Waals surface area (Å²) in [7, 11) is 0. The summed E-state index contributed by atoms with van der Waals surface area (Å²) in [6, 6.07) is 6.99. The number of pyridine rings is 1. The van der Waals surface area contributed by atoms with Crippen LogP contribution < -0.4 is 11.1 Å². The van der Waals surface area contributed by atoms with Gasteiger partial charge in [-0.05, 0) is 31.2 Å². The number of nitrogens with one attached hydrogen (secondary N) is 1. The number of nitrogens with two attached hydrogens (primary N) is 1. The molecule has 1 aromatic carbocycles. The molecule has 1 aromatic heterocycles. The maximum atomic E-state index is 12.0. The number of aromatic nitrogens is 1. The van der Waals surface area contributed by atoms with Crippen molar-refractivity contribution in [3.8, 4) is 0 Å². The Morgan fingerprint density at radius 3 is 2.79 bits per heavy atom. The maximum Gasteiger partial charge on any atom is 0.228 e. The fraction of sp³-hybridized carbons (Fsp3) is 0.286. The van der Waals surface area contributed by atoms with Crippen molar-refractivity contribution in [2.24, 2.45) is 11.7 Å². The molecule has 2 aromatic rings. The molecular weight excluding hydrogens is 262 g/mol. The first-order valence-electron chi connectivity index (χ1n) is 6.10. The quantitative estimate of drug-likeness (QED) is 0.906. The summed E-state index contributed by atoms with van der Waals surface area (Å²) in [5.74, 6) is -0.370. The Kier molecular flexibility index (Phi) is 4.02. The van der Waals surface area contributed by atoms with Crippen LogP contribution in [0, 0.1) is 5.92 Å². The SMILES string of the molecule is CC(N)C(C)C(=O)Nc1ccc(Cl)c2ncccc12. The van der Waals surface area contributed by atoms with Gasteiger partial charge in [-0.15, -0.1) is 0 Å². The van der Waals surface area contributed by atoms with Crippen LogP contribution in [0.5, 0.6) is 0 Å². The monoisotopic (exact) mass is 277 g/mol. The van der Waals surface area contributed by atoms with Gasteiger partial charge < -0.3 is 11.1 Å². The van der Waals surface area contributed by atoms with E-state index in [2.05, 4.69) is 10.3 Å². The molecule has 0 aliphatic carbocycles. The van der Waals surface area contributed by atoms with E-state index >= 15 is 0 Å². The van der Waals surface area contributed by atoms with Crippen molar-refractivity contribution in [2.45, 2.75) is 19.9 Å². The van der Waals surface area contributed by atoms with E-state index in [1.165, 1.54) is 0 Å². The number of carbonyl (C=O) groups excluding carboxylic acids is 1. The molecule has 3 N–H and O–H groups in total. The van der Waals surface area contributed by atoms with Gasteiger partial charge in [-0.2, -0.15) is 0 Å². The number of carbonyl (C=O) groups is 1. The van der Waals surface area contributed by atoms with E-state index in [-0.39, 0.29) is 17.9 Å². The number of hydrogen-bond donors (Lipinski definition) is 2. The minimum atomic E-state index is -0.262. The van der Waals surface area contributed by atoms with Gasteiger partial charge in [0.1, 0.15) is 0 Å². The van der Waals surface area contributed by atoms with Gasteiger partial charge in [-0.3, -0.25) is 9.78 Å².